The topological polar surface area (TPSA) is 46.2 Å². The molecule has 0 heterocycles. The molecular formula is C18H29NO. The molecule has 1 fully saturated rings. The predicted molar refractivity (Wildman–Crippen MR) is 85.4 cm³/mol. The lowest BCUT2D eigenvalue weighted by atomic mass is 9.68. The fourth-order valence-electron chi connectivity index (χ4n) is 3.50. The first-order valence-corrected chi connectivity index (χ1v) is 7.85. The third-order valence-corrected chi connectivity index (χ3v) is 4.92. The number of hydrogen-bond acceptors (Lipinski definition) is 2. The maximum atomic E-state index is 10.4. The van der Waals surface area contributed by atoms with Crippen LogP contribution in [0.2, 0.25) is 0 Å². The minimum Gasteiger partial charge on any atom is -0.507 e. The molecule has 112 valence electrons. The smallest absolute Gasteiger partial charge is 0.122 e. The van der Waals surface area contributed by atoms with Gasteiger partial charge < -0.3 is 10.8 Å². The van der Waals surface area contributed by atoms with E-state index >= 15 is 0 Å². The van der Waals surface area contributed by atoms with Gasteiger partial charge in [-0.05, 0) is 41.9 Å². The molecule has 1 aromatic rings. The van der Waals surface area contributed by atoms with Gasteiger partial charge in [0.1, 0.15) is 5.75 Å². The third-order valence-electron chi connectivity index (χ3n) is 4.92. The van der Waals surface area contributed by atoms with E-state index in [2.05, 4.69) is 32.9 Å². The van der Waals surface area contributed by atoms with Crippen LogP contribution in [-0.4, -0.2) is 11.7 Å². The van der Waals surface area contributed by atoms with Gasteiger partial charge in [-0.3, -0.25) is 0 Å². The summed E-state index contributed by atoms with van der Waals surface area (Å²) in [5.74, 6) is 0.448. The maximum Gasteiger partial charge on any atom is 0.122 e. The maximum absolute atomic E-state index is 10.4. The summed E-state index contributed by atoms with van der Waals surface area (Å²) in [5.41, 5.74) is 9.59. The summed E-state index contributed by atoms with van der Waals surface area (Å²) in [7, 11) is 0. The van der Waals surface area contributed by atoms with E-state index in [1.807, 2.05) is 6.92 Å². The van der Waals surface area contributed by atoms with Crippen molar-refractivity contribution in [1.82, 2.24) is 0 Å². The Morgan fingerprint density at radius 2 is 1.75 bits per heavy atom. The summed E-state index contributed by atoms with van der Waals surface area (Å²) in [4.78, 5) is 0. The fourth-order valence-corrected chi connectivity index (χ4v) is 3.50. The van der Waals surface area contributed by atoms with Crippen molar-refractivity contribution in [3.8, 4) is 5.75 Å². The molecule has 3 N–H and O–H groups in total. The molecule has 1 aromatic carbocycles. The van der Waals surface area contributed by atoms with Crippen LogP contribution in [0.25, 0.3) is 0 Å². The number of aryl methyl sites for hydroxylation is 1. The molecule has 0 radical (unpaired) electrons. The molecule has 1 aliphatic rings. The quantitative estimate of drug-likeness (QED) is 0.851. The van der Waals surface area contributed by atoms with Gasteiger partial charge in [0.25, 0.3) is 0 Å². The molecule has 0 spiro atoms. The molecule has 20 heavy (non-hydrogen) atoms. The monoisotopic (exact) mass is 275 g/mol. The van der Waals surface area contributed by atoms with Crippen molar-refractivity contribution in [2.75, 3.05) is 6.54 Å². The van der Waals surface area contributed by atoms with Gasteiger partial charge in [0.2, 0.25) is 0 Å². The predicted octanol–water partition coefficient (Wildman–Crippen LogP) is 4.16. The number of phenols is 1. The Bertz CT molecular complexity index is 479. The number of rotatable bonds is 2. The highest BCUT2D eigenvalue weighted by atomic mass is 16.3. The van der Waals surface area contributed by atoms with E-state index in [1.54, 1.807) is 0 Å². The Balaban J connectivity index is 2.54. The zero-order valence-corrected chi connectivity index (χ0v) is 13.4. The normalized spacial score (nSPS) is 19.1. The van der Waals surface area contributed by atoms with Crippen molar-refractivity contribution in [2.45, 2.75) is 70.6 Å². The van der Waals surface area contributed by atoms with Gasteiger partial charge in [0.05, 0.1) is 0 Å². The minimum absolute atomic E-state index is 0.0463. The first kappa shape index (κ1) is 15.4. The second-order valence-electron chi connectivity index (χ2n) is 7.48. The summed E-state index contributed by atoms with van der Waals surface area (Å²) < 4.78 is 0. The molecule has 0 bridgehead atoms. The Morgan fingerprint density at radius 1 is 1.15 bits per heavy atom. The van der Waals surface area contributed by atoms with Crippen molar-refractivity contribution in [3.63, 3.8) is 0 Å². The lowest BCUT2D eigenvalue weighted by Gasteiger charge is -2.38. The van der Waals surface area contributed by atoms with E-state index < -0.39 is 0 Å². The van der Waals surface area contributed by atoms with Crippen LogP contribution < -0.4 is 5.73 Å². The standard InChI is InChI=1S/C18H29NO/c1-13-10-14(11-15(16(13)20)17(2,3)4)18(12-19)8-6-5-7-9-18/h10-11,20H,5-9,12,19H2,1-4H3. The number of aromatic hydroxyl groups is 1. The number of benzene rings is 1. The van der Waals surface area contributed by atoms with E-state index in [0.717, 1.165) is 11.1 Å². The third kappa shape index (κ3) is 2.71. The lowest BCUT2D eigenvalue weighted by molar-refractivity contribution is 0.299. The van der Waals surface area contributed by atoms with Crippen LogP contribution in [0.1, 0.15) is 69.6 Å². The van der Waals surface area contributed by atoms with Crippen molar-refractivity contribution < 1.29 is 5.11 Å². The summed E-state index contributed by atoms with van der Waals surface area (Å²) in [5, 5.41) is 10.4. The van der Waals surface area contributed by atoms with E-state index in [4.69, 9.17) is 5.73 Å². The van der Waals surface area contributed by atoms with Crippen LogP contribution in [0.3, 0.4) is 0 Å². The molecule has 2 nitrogen and oxygen atoms in total. The van der Waals surface area contributed by atoms with Crippen molar-refractivity contribution >= 4 is 0 Å². The molecular weight excluding hydrogens is 246 g/mol. The zero-order chi connectivity index (χ0) is 15.0. The van der Waals surface area contributed by atoms with E-state index in [-0.39, 0.29) is 10.8 Å². The summed E-state index contributed by atoms with van der Waals surface area (Å²) >= 11 is 0. The van der Waals surface area contributed by atoms with Crippen LogP contribution in [0.15, 0.2) is 12.1 Å². The van der Waals surface area contributed by atoms with Crippen LogP contribution in [0.4, 0.5) is 0 Å². The van der Waals surface area contributed by atoms with Gasteiger partial charge in [0.15, 0.2) is 0 Å². The highest BCUT2D eigenvalue weighted by molar-refractivity contribution is 5.48. The van der Waals surface area contributed by atoms with Gasteiger partial charge in [-0.25, -0.2) is 0 Å². The molecule has 0 saturated heterocycles. The van der Waals surface area contributed by atoms with Crippen LogP contribution >= 0.6 is 0 Å². The number of hydrogen-bond donors (Lipinski definition) is 2. The Hall–Kier alpha value is -1.02. The van der Waals surface area contributed by atoms with Gasteiger partial charge in [-0.1, -0.05) is 52.2 Å². The van der Waals surface area contributed by atoms with Gasteiger partial charge >= 0.3 is 0 Å². The summed E-state index contributed by atoms with van der Waals surface area (Å²) in [6.45, 7) is 9.17. The second kappa shape index (κ2) is 5.40. The van der Waals surface area contributed by atoms with Crippen LogP contribution in [-0.2, 0) is 10.8 Å². The molecule has 2 heteroatoms. The van der Waals surface area contributed by atoms with Crippen LogP contribution in [0, 0.1) is 6.92 Å². The zero-order valence-electron chi connectivity index (χ0n) is 13.4. The average Bonchev–Trinajstić information content (AvgIpc) is 2.41. The molecule has 1 saturated carbocycles. The molecule has 0 aromatic heterocycles. The molecule has 2 rings (SSSR count). The lowest BCUT2D eigenvalue weighted by Crippen LogP contribution is -2.37. The Kier molecular flexibility index (Phi) is 4.15. The van der Waals surface area contributed by atoms with Gasteiger partial charge in [0, 0.05) is 12.0 Å². The number of nitrogens with two attached hydrogens (primary N) is 1. The molecule has 0 unspecified atom stereocenters. The largest absolute Gasteiger partial charge is 0.507 e. The molecule has 0 atom stereocenters. The average molecular weight is 275 g/mol. The summed E-state index contributed by atoms with van der Waals surface area (Å²) in [6, 6.07) is 4.36. The highest BCUT2D eigenvalue weighted by Gasteiger charge is 2.34. The van der Waals surface area contributed by atoms with E-state index in [0.29, 0.717) is 12.3 Å². The Labute approximate surface area is 123 Å². The number of phenolic OH excluding ortho intramolecular Hbond substituents is 1. The minimum atomic E-state index is -0.0463. The van der Waals surface area contributed by atoms with Gasteiger partial charge in [-0.15, -0.1) is 0 Å². The van der Waals surface area contributed by atoms with Crippen LogP contribution in [0.5, 0.6) is 5.75 Å². The Morgan fingerprint density at radius 3 is 2.25 bits per heavy atom. The summed E-state index contributed by atoms with van der Waals surface area (Å²) in [6.07, 6.45) is 6.21. The van der Waals surface area contributed by atoms with E-state index in [1.165, 1.54) is 37.7 Å². The SMILES string of the molecule is Cc1cc(C2(CN)CCCCC2)cc(C(C)(C)C)c1O. The molecule has 0 amide bonds. The van der Waals surface area contributed by atoms with Crippen molar-refractivity contribution in [3.05, 3.63) is 28.8 Å². The van der Waals surface area contributed by atoms with Crippen molar-refractivity contribution in [2.24, 2.45) is 5.73 Å². The first-order valence-electron chi connectivity index (χ1n) is 7.85. The van der Waals surface area contributed by atoms with Crippen molar-refractivity contribution in [1.29, 1.82) is 0 Å². The molecule has 0 aliphatic heterocycles. The highest BCUT2D eigenvalue weighted by Crippen LogP contribution is 2.43. The second-order valence-corrected chi connectivity index (χ2v) is 7.48. The molecule has 1 aliphatic carbocycles. The van der Waals surface area contributed by atoms with Gasteiger partial charge in [-0.2, -0.15) is 0 Å². The van der Waals surface area contributed by atoms with E-state index in [9.17, 15) is 5.11 Å². The fraction of sp³-hybridized carbons (Fsp3) is 0.667. The first-order chi connectivity index (χ1) is 9.30.